The van der Waals surface area contributed by atoms with Crippen molar-refractivity contribution >= 4 is 20.9 Å². The van der Waals surface area contributed by atoms with Crippen LogP contribution in [0.25, 0.3) is 20.5 Å². The van der Waals surface area contributed by atoms with Crippen molar-refractivity contribution in [3.8, 4) is 20.5 Å². The summed E-state index contributed by atoms with van der Waals surface area (Å²) in [6, 6.07) is 21.1. The fraction of sp³-hybridized carbons (Fsp3) is 0.0625. The van der Waals surface area contributed by atoms with Crippen LogP contribution in [0.1, 0.15) is 5.56 Å². The van der Waals surface area contributed by atoms with E-state index in [0.717, 1.165) is 5.76 Å². The summed E-state index contributed by atoms with van der Waals surface area (Å²) in [7, 11) is 0. The maximum absolute atomic E-state index is 5.94. The van der Waals surface area contributed by atoms with Crippen molar-refractivity contribution in [3.05, 3.63) is 66.2 Å². The summed E-state index contributed by atoms with van der Waals surface area (Å²) in [5, 5.41) is 0. The Kier molecular flexibility index (Phi) is 4.82. The molecule has 0 bridgehead atoms. The van der Waals surface area contributed by atoms with Gasteiger partial charge in [-0.05, 0) is 0 Å². The monoisotopic (exact) mass is 386 g/mol. The molecule has 3 rings (SSSR count). The Hall–Kier alpha value is -1.07. The fourth-order valence-electron chi connectivity index (χ4n) is 1.96. The van der Waals surface area contributed by atoms with Crippen molar-refractivity contribution < 1.29 is 15.2 Å². The van der Waals surface area contributed by atoms with Crippen LogP contribution in [0.4, 0.5) is 0 Å². The van der Waals surface area contributed by atoms with Crippen LogP contribution in [0.2, 0.25) is 0 Å². The molecule has 96 valence electrons. The summed E-state index contributed by atoms with van der Waals surface area (Å²) in [6.45, 7) is 2.13. The summed E-state index contributed by atoms with van der Waals surface area (Å²) in [6.07, 6.45) is 0. The minimum atomic E-state index is -0.542. The van der Waals surface area contributed by atoms with E-state index < -0.39 is 20.9 Å². The van der Waals surface area contributed by atoms with Crippen molar-refractivity contribution in [2.75, 3.05) is 0 Å². The van der Waals surface area contributed by atoms with Crippen LogP contribution in [0, 0.1) is 6.92 Å². The number of hydrogen-bond acceptors (Lipinski definition) is 0. The molecule has 1 nitrogen and oxygen atoms in total. The maximum atomic E-state index is 5.94. The molecule has 0 saturated carbocycles. The van der Waals surface area contributed by atoms with Crippen molar-refractivity contribution in [1.82, 2.24) is 0 Å². The molecule has 0 aliphatic rings. The van der Waals surface area contributed by atoms with Gasteiger partial charge in [0.1, 0.15) is 0 Å². The Morgan fingerprint density at radius 3 is 2.32 bits per heavy atom. The van der Waals surface area contributed by atoms with Gasteiger partial charge in [-0.2, -0.15) is 0 Å². The molecule has 0 fully saturated rings. The molecule has 2 aromatic carbocycles. The van der Waals surface area contributed by atoms with Crippen LogP contribution in [0.5, 0.6) is 0 Å². The third-order valence-corrected chi connectivity index (χ3v) is 5.22. The first kappa shape index (κ1) is 14.3. The largest absolute Gasteiger partial charge is 1.00 e. The molecular formula is C16H13ClOTe. The average molecular weight is 384 g/mol. The fourth-order valence-corrected chi connectivity index (χ4v) is 3.97. The summed E-state index contributed by atoms with van der Waals surface area (Å²) >= 11 is -0.542. The second-order valence-electron chi connectivity index (χ2n) is 4.22. The molecule has 3 aromatic rings. The van der Waals surface area contributed by atoms with Crippen LogP contribution in [0.15, 0.2) is 63.4 Å². The van der Waals surface area contributed by atoms with Gasteiger partial charge >= 0.3 is 117 Å². The standard InChI is InChI=1S/C16H13OTe.ClH/c1-12-7-5-6-10-14(12)15-11-16(18-17-15)13-8-3-2-4-9-13;/h2-11H,1H3;1H/q+1;/p-1. The van der Waals surface area contributed by atoms with Gasteiger partial charge in [-0.15, -0.1) is 0 Å². The number of halogens is 1. The van der Waals surface area contributed by atoms with E-state index in [1.807, 2.05) is 6.07 Å². The van der Waals surface area contributed by atoms with Gasteiger partial charge < -0.3 is 12.4 Å². The van der Waals surface area contributed by atoms with Crippen LogP contribution in [0.3, 0.4) is 0 Å². The van der Waals surface area contributed by atoms with E-state index in [-0.39, 0.29) is 12.4 Å². The molecule has 0 radical (unpaired) electrons. The van der Waals surface area contributed by atoms with Crippen LogP contribution in [-0.2, 0) is 0 Å². The molecule has 0 amide bonds. The zero-order valence-corrected chi connectivity index (χ0v) is 13.6. The Balaban J connectivity index is 0.00000133. The van der Waals surface area contributed by atoms with Crippen molar-refractivity contribution in [2.45, 2.75) is 6.92 Å². The topological polar surface area (TPSA) is 11.3 Å². The van der Waals surface area contributed by atoms with Gasteiger partial charge in [0, 0.05) is 0 Å². The normalized spacial score (nSPS) is 9.95. The van der Waals surface area contributed by atoms with Gasteiger partial charge in [-0.3, -0.25) is 0 Å². The number of benzene rings is 2. The first-order valence-electron chi connectivity index (χ1n) is 5.89. The Bertz CT molecular complexity index is 661. The number of rotatable bonds is 2. The van der Waals surface area contributed by atoms with E-state index in [1.165, 1.54) is 20.3 Å². The van der Waals surface area contributed by atoms with E-state index >= 15 is 0 Å². The maximum Gasteiger partial charge on any atom is -1.00 e. The molecule has 19 heavy (non-hydrogen) atoms. The van der Waals surface area contributed by atoms with E-state index in [0.29, 0.717) is 0 Å². The van der Waals surface area contributed by atoms with Gasteiger partial charge in [0.05, 0.1) is 0 Å². The second kappa shape index (κ2) is 6.39. The smallest absolute Gasteiger partial charge is 1.00 e. The predicted octanol–water partition coefficient (Wildman–Crippen LogP) is 1.26. The van der Waals surface area contributed by atoms with Crippen LogP contribution < -0.4 is 12.4 Å². The van der Waals surface area contributed by atoms with Crippen LogP contribution >= 0.6 is 0 Å². The second-order valence-corrected chi connectivity index (χ2v) is 6.43. The quantitative estimate of drug-likeness (QED) is 0.479. The van der Waals surface area contributed by atoms with Crippen molar-refractivity contribution in [3.63, 3.8) is 0 Å². The van der Waals surface area contributed by atoms with E-state index in [4.69, 9.17) is 2.76 Å². The minimum Gasteiger partial charge on any atom is -1.00 e. The summed E-state index contributed by atoms with van der Waals surface area (Å²) < 4.78 is 7.32. The summed E-state index contributed by atoms with van der Waals surface area (Å²) in [5.41, 5.74) is 3.78. The third kappa shape index (κ3) is 3.09. The molecular weight excluding hydrogens is 371 g/mol. The summed E-state index contributed by atoms with van der Waals surface area (Å²) in [4.78, 5) is 0. The number of aryl methyl sites for hydroxylation is 1. The number of hydrogen-bond donors (Lipinski definition) is 0. The zero-order chi connectivity index (χ0) is 12.4. The van der Waals surface area contributed by atoms with Crippen molar-refractivity contribution in [1.29, 1.82) is 0 Å². The van der Waals surface area contributed by atoms with E-state index in [1.54, 1.807) is 0 Å². The van der Waals surface area contributed by atoms with Gasteiger partial charge in [0.15, 0.2) is 0 Å². The SMILES string of the molecule is Cc1ccccc1-c1cc(-c2ccccc2)[te][o+]1.[Cl-]. The minimum absolute atomic E-state index is 0. The molecule has 1 aromatic heterocycles. The van der Waals surface area contributed by atoms with Crippen molar-refractivity contribution in [2.24, 2.45) is 0 Å². The Labute approximate surface area is 129 Å². The van der Waals surface area contributed by atoms with E-state index in [2.05, 4.69) is 61.5 Å². The molecule has 0 saturated heterocycles. The van der Waals surface area contributed by atoms with E-state index in [9.17, 15) is 0 Å². The van der Waals surface area contributed by atoms with Crippen LogP contribution in [-0.4, -0.2) is 20.9 Å². The Morgan fingerprint density at radius 1 is 0.895 bits per heavy atom. The van der Waals surface area contributed by atoms with Gasteiger partial charge in [0.25, 0.3) is 0 Å². The first-order valence-corrected chi connectivity index (χ1v) is 8.01. The predicted molar refractivity (Wildman–Crippen MR) is 75.7 cm³/mol. The molecule has 1 heterocycles. The molecule has 3 heteroatoms. The third-order valence-electron chi connectivity index (χ3n) is 2.95. The zero-order valence-electron chi connectivity index (χ0n) is 10.5. The molecule has 0 unspecified atom stereocenters. The average Bonchev–Trinajstić information content (AvgIpc) is 2.90. The molecule has 0 N–H and O–H groups in total. The molecule has 0 aliphatic carbocycles. The van der Waals surface area contributed by atoms with Gasteiger partial charge in [-0.25, -0.2) is 0 Å². The van der Waals surface area contributed by atoms with Gasteiger partial charge in [0.2, 0.25) is 0 Å². The molecule has 0 atom stereocenters. The Morgan fingerprint density at radius 2 is 1.58 bits per heavy atom. The molecule has 0 spiro atoms. The first-order chi connectivity index (χ1) is 8.84. The van der Waals surface area contributed by atoms with Gasteiger partial charge in [-0.1, -0.05) is 0 Å². The molecule has 0 aliphatic heterocycles. The summed E-state index contributed by atoms with van der Waals surface area (Å²) in [5.74, 6) is 1.04.